The van der Waals surface area contributed by atoms with E-state index in [4.69, 9.17) is 9.47 Å². The van der Waals surface area contributed by atoms with Crippen molar-refractivity contribution in [2.24, 2.45) is 4.99 Å². The van der Waals surface area contributed by atoms with Gasteiger partial charge in [0.05, 0.1) is 11.3 Å². The lowest BCUT2D eigenvalue weighted by atomic mass is 10.2. The van der Waals surface area contributed by atoms with Crippen molar-refractivity contribution in [3.63, 3.8) is 0 Å². The second kappa shape index (κ2) is 16.5. The third-order valence-corrected chi connectivity index (χ3v) is 7.00. The number of anilines is 4. The molecule has 0 spiro atoms. The minimum absolute atomic E-state index is 0.130. The molecule has 49 heavy (non-hydrogen) atoms. The van der Waals surface area contributed by atoms with Crippen molar-refractivity contribution in [3.8, 4) is 0 Å². The standard InChI is InChI=1S/C33H31N7O8S/c1-18(41)35-28-11-22(12-29(39-28)36-19(2)42)16-47-32(45)24-5-7-25(8-6-24)34-15-26-9-10-27(49-26)33(46)48-17-23-13-30(37-20(3)43)40-31(14-23)38-21(4)44/h5-15H,16-17H2,1-4H3,(H2,35,36,39,41,42)(H2,37,38,40,43,44)/b34-15+. The Morgan fingerprint density at radius 1 is 0.633 bits per heavy atom. The highest BCUT2D eigenvalue weighted by Crippen LogP contribution is 2.21. The van der Waals surface area contributed by atoms with Gasteiger partial charge in [-0.3, -0.25) is 24.2 Å². The van der Waals surface area contributed by atoms with Gasteiger partial charge in [0.2, 0.25) is 23.6 Å². The molecule has 1 aromatic carbocycles. The number of amides is 4. The summed E-state index contributed by atoms with van der Waals surface area (Å²) >= 11 is 1.16. The van der Waals surface area contributed by atoms with E-state index in [1.54, 1.807) is 42.6 Å². The first kappa shape index (κ1) is 35.6. The number of aromatic nitrogens is 2. The number of esters is 2. The molecule has 0 saturated carbocycles. The molecule has 0 saturated heterocycles. The second-order valence-electron chi connectivity index (χ2n) is 10.4. The first-order valence-corrected chi connectivity index (χ1v) is 15.3. The Labute approximate surface area is 284 Å². The van der Waals surface area contributed by atoms with Crippen LogP contribution in [-0.4, -0.2) is 51.7 Å². The van der Waals surface area contributed by atoms with E-state index in [9.17, 15) is 28.8 Å². The van der Waals surface area contributed by atoms with Gasteiger partial charge in [-0.25, -0.2) is 19.6 Å². The first-order valence-electron chi connectivity index (χ1n) is 14.5. The van der Waals surface area contributed by atoms with Gasteiger partial charge < -0.3 is 30.7 Å². The van der Waals surface area contributed by atoms with Crippen molar-refractivity contribution in [2.75, 3.05) is 21.3 Å². The van der Waals surface area contributed by atoms with Crippen LogP contribution in [0.4, 0.5) is 29.0 Å². The summed E-state index contributed by atoms with van der Waals surface area (Å²) in [5.74, 6) is -1.77. The lowest BCUT2D eigenvalue weighted by Gasteiger charge is -2.10. The maximum atomic E-state index is 12.7. The van der Waals surface area contributed by atoms with Gasteiger partial charge in [-0.1, -0.05) is 0 Å². The van der Waals surface area contributed by atoms with Crippen molar-refractivity contribution >= 4 is 82.1 Å². The van der Waals surface area contributed by atoms with Crippen LogP contribution in [0.1, 0.15) is 63.7 Å². The van der Waals surface area contributed by atoms with E-state index in [1.807, 2.05) is 0 Å². The number of aliphatic imine (C=N–C) groups is 1. The molecule has 0 fully saturated rings. The van der Waals surface area contributed by atoms with Crippen LogP contribution >= 0.6 is 11.3 Å². The number of ether oxygens (including phenoxy) is 2. The van der Waals surface area contributed by atoms with Crippen LogP contribution in [0.5, 0.6) is 0 Å². The van der Waals surface area contributed by atoms with E-state index < -0.39 is 11.9 Å². The number of hydrogen-bond acceptors (Lipinski definition) is 12. The van der Waals surface area contributed by atoms with E-state index in [0.717, 1.165) is 11.3 Å². The van der Waals surface area contributed by atoms with Gasteiger partial charge in [-0.2, -0.15) is 0 Å². The molecule has 0 bridgehead atoms. The molecule has 4 rings (SSSR count). The SMILES string of the molecule is CC(=O)Nc1cc(COC(=O)c2ccc(/N=C/c3ccc(C(=O)OCc4cc(NC(C)=O)nc(NC(C)=O)c4)s3)cc2)cc(NC(C)=O)n1. The lowest BCUT2D eigenvalue weighted by molar-refractivity contribution is -0.115. The van der Waals surface area contributed by atoms with Gasteiger partial charge in [0.25, 0.3) is 0 Å². The van der Waals surface area contributed by atoms with Gasteiger partial charge >= 0.3 is 11.9 Å². The monoisotopic (exact) mass is 685 g/mol. The Morgan fingerprint density at radius 3 is 1.49 bits per heavy atom. The number of rotatable bonds is 12. The largest absolute Gasteiger partial charge is 0.457 e. The topological polar surface area (TPSA) is 207 Å². The first-order chi connectivity index (χ1) is 23.3. The number of nitrogens with one attached hydrogen (secondary N) is 4. The van der Waals surface area contributed by atoms with Crippen LogP contribution in [-0.2, 0) is 41.9 Å². The Balaban J connectivity index is 1.33. The van der Waals surface area contributed by atoms with Crippen molar-refractivity contribution in [2.45, 2.75) is 40.9 Å². The summed E-state index contributed by atoms with van der Waals surface area (Å²) in [4.78, 5) is 84.9. The third-order valence-electron chi connectivity index (χ3n) is 6.00. The minimum atomic E-state index is -0.597. The van der Waals surface area contributed by atoms with Gasteiger partial charge in [-0.15, -0.1) is 11.3 Å². The van der Waals surface area contributed by atoms with Crippen molar-refractivity contribution in [3.05, 3.63) is 87.1 Å². The normalized spacial score (nSPS) is 10.6. The zero-order valence-electron chi connectivity index (χ0n) is 26.8. The number of carbonyl (C=O) groups excluding carboxylic acids is 6. The molecule has 0 aliphatic rings. The predicted molar refractivity (Wildman–Crippen MR) is 182 cm³/mol. The van der Waals surface area contributed by atoms with Gasteiger partial charge in [0.1, 0.15) is 41.4 Å². The fourth-order valence-corrected chi connectivity index (χ4v) is 4.90. The smallest absolute Gasteiger partial charge is 0.348 e. The number of hydrogen-bond donors (Lipinski definition) is 4. The average Bonchev–Trinajstić information content (AvgIpc) is 3.49. The zero-order chi connectivity index (χ0) is 35.5. The summed E-state index contributed by atoms with van der Waals surface area (Å²) in [6, 6.07) is 15.8. The Hall–Kier alpha value is -6.29. The van der Waals surface area contributed by atoms with Crippen LogP contribution < -0.4 is 21.3 Å². The maximum Gasteiger partial charge on any atom is 0.348 e. The fourth-order valence-electron chi connectivity index (χ4n) is 4.12. The number of nitrogens with zero attached hydrogens (tertiary/aromatic N) is 3. The number of thiophene rings is 1. The molecule has 15 nitrogen and oxygen atoms in total. The number of pyridine rings is 2. The van der Waals surface area contributed by atoms with E-state index in [-0.39, 0.29) is 65.7 Å². The summed E-state index contributed by atoms with van der Waals surface area (Å²) in [5.41, 5.74) is 1.83. The second-order valence-corrected chi connectivity index (χ2v) is 11.5. The molecule has 0 aliphatic carbocycles. The lowest BCUT2D eigenvalue weighted by Crippen LogP contribution is -2.13. The van der Waals surface area contributed by atoms with Crippen molar-refractivity contribution in [1.82, 2.24) is 9.97 Å². The molecule has 0 radical (unpaired) electrons. The molecule has 0 atom stereocenters. The summed E-state index contributed by atoms with van der Waals surface area (Å²) in [7, 11) is 0. The van der Waals surface area contributed by atoms with E-state index in [2.05, 4.69) is 36.2 Å². The average molecular weight is 686 g/mol. The Bertz CT molecular complexity index is 1870. The van der Waals surface area contributed by atoms with Crippen LogP contribution in [0.2, 0.25) is 0 Å². The molecular weight excluding hydrogens is 654 g/mol. The molecule has 16 heteroatoms. The molecule has 4 N–H and O–H groups in total. The molecule has 3 aromatic heterocycles. The molecule has 0 aliphatic heterocycles. The molecule has 3 heterocycles. The molecule has 4 amide bonds. The molecule has 252 valence electrons. The molecule has 4 aromatic rings. The van der Waals surface area contributed by atoms with Crippen LogP contribution in [0.3, 0.4) is 0 Å². The van der Waals surface area contributed by atoms with Gasteiger partial charge in [-0.05, 0) is 71.8 Å². The van der Waals surface area contributed by atoms with Crippen LogP contribution in [0.25, 0.3) is 0 Å². The zero-order valence-corrected chi connectivity index (χ0v) is 27.6. The van der Waals surface area contributed by atoms with Crippen molar-refractivity contribution < 1.29 is 38.2 Å². The minimum Gasteiger partial charge on any atom is -0.457 e. The number of benzene rings is 1. The fraction of sp³-hybridized carbons (Fsp3) is 0.182. The third kappa shape index (κ3) is 11.5. The van der Waals surface area contributed by atoms with E-state index in [0.29, 0.717) is 26.6 Å². The van der Waals surface area contributed by atoms with Crippen LogP contribution in [0, 0.1) is 0 Å². The maximum absolute atomic E-state index is 12.7. The van der Waals surface area contributed by atoms with Gasteiger partial charge in [0, 0.05) is 38.8 Å². The Kier molecular flexibility index (Phi) is 12.0. The highest BCUT2D eigenvalue weighted by molar-refractivity contribution is 7.15. The van der Waals surface area contributed by atoms with Crippen LogP contribution in [0.15, 0.2) is 65.7 Å². The Morgan fingerprint density at radius 2 is 1.06 bits per heavy atom. The van der Waals surface area contributed by atoms with E-state index >= 15 is 0 Å². The van der Waals surface area contributed by atoms with Crippen molar-refractivity contribution in [1.29, 1.82) is 0 Å². The highest BCUT2D eigenvalue weighted by Gasteiger charge is 2.14. The van der Waals surface area contributed by atoms with E-state index in [1.165, 1.54) is 52.0 Å². The molecular formula is C33H31N7O8S. The highest BCUT2D eigenvalue weighted by atomic mass is 32.1. The summed E-state index contributed by atoms with van der Waals surface area (Å²) < 4.78 is 10.8. The quantitative estimate of drug-likeness (QED) is 0.118. The number of carbonyl (C=O) groups is 6. The predicted octanol–water partition coefficient (Wildman–Crippen LogP) is 4.84. The van der Waals surface area contributed by atoms with Gasteiger partial charge in [0.15, 0.2) is 0 Å². The summed E-state index contributed by atoms with van der Waals surface area (Å²) in [5, 5.41) is 10.2. The molecule has 0 unspecified atom stereocenters. The summed E-state index contributed by atoms with van der Waals surface area (Å²) in [6.07, 6.45) is 1.57. The summed E-state index contributed by atoms with van der Waals surface area (Å²) in [6.45, 7) is 5.02.